The normalized spacial score (nSPS) is 15.2. The first-order valence-electron chi connectivity index (χ1n) is 9.78. The van der Waals surface area contributed by atoms with Crippen molar-refractivity contribution in [3.05, 3.63) is 65.2 Å². The largest absolute Gasteiger partial charge is 0.486 e. The minimum absolute atomic E-state index is 0.0191. The van der Waals surface area contributed by atoms with Gasteiger partial charge >= 0.3 is 0 Å². The molecule has 0 spiro atoms. The first kappa shape index (κ1) is 19.5. The molecule has 0 saturated carbocycles. The zero-order chi connectivity index (χ0) is 20.2. The van der Waals surface area contributed by atoms with Gasteiger partial charge in [0.15, 0.2) is 17.6 Å². The molecule has 0 radical (unpaired) electrons. The summed E-state index contributed by atoms with van der Waals surface area (Å²) in [5, 5.41) is 2.91. The van der Waals surface area contributed by atoms with Crippen LogP contribution in [-0.4, -0.2) is 42.1 Å². The quantitative estimate of drug-likeness (QED) is 0.613. The maximum Gasteiger partial charge on any atom is 0.228 e. The van der Waals surface area contributed by atoms with Crippen LogP contribution in [0.15, 0.2) is 53.9 Å². The number of para-hydroxylation sites is 2. The van der Waals surface area contributed by atoms with Crippen LogP contribution in [0.3, 0.4) is 0 Å². The zero-order valence-corrected chi connectivity index (χ0v) is 17.4. The van der Waals surface area contributed by atoms with Crippen molar-refractivity contribution in [1.29, 1.82) is 0 Å². The van der Waals surface area contributed by atoms with E-state index in [1.165, 1.54) is 5.56 Å². The lowest BCUT2D eigenvalue weighted by Gasteiger charge is -2.29. The summed E-state index contributed by atoms with van der Waals surface area (Å²) in [6, 6.07) is 16.0. The van der Waals surface area contributed by atoms with E-state index in [1.54, 1.807) is 23.3 Å². The minimum Gasteiger partial charge on any atom is -0.486 e. The van der Waals surface area contributed by atoms with E-state index in [0.717, 1.165) is 34.2 Å². The number of benzene rings is 2. The Morgan fingerprint density at radius 1 is 1.17 bits per heavy atom. The number of hydrogen-bond acceptors (Lipinski definition) is 5. The van der Waals surface area contributed by atoms with Gasteiger partial charge in [-0.2, -0.15) is 0 Å². The lowest BCUT2D eigenvalue weighted by Crippen LogP contribution is -2.42. The number of thiazole rings is 1. The lowest BCUT2D eigenvalue weighted by molar-refractivity contribution is -0.130. The first-order valence-corrected chi connectivity index (χ1v) is 10.7. The fourth-order valence-corrected chi connectivity index (χ4v) is 4.08. The molecular formula is C23H24N2O3S. The molecule has 1 aliphatic rings. The lowest BCUT2D eigenvalue weighted by atomic mass is 10.1. The Kier molecular flexibility index (Phi) is 5.81. The van der Waals surface area contributed by atoms with Crippen molar-refractivity contribution in [3.8, 4) is 22.1 Å². The monoisotopic (exact) mass is 408 g/mol. The third kappa shape index (κ3) is 4.59. The number of amides is 1. The average Bonchev–Trinajstić information content (AvgIpc) is 3.22. The molecule has 150 valence electrons. The van der Waals surface area contributed by atoms with Crippen LogP contribution in [0.25, 0.3) is 10.6 Å². The van der Waals surface area contributed by atoms with E-state index in [2.05, 4.69) is 36.2 Å². The minimum atomic E-state index is -0.179. The Labute approximate surface area is 174 Å². The van der Waals surface area contributed by atoms with Gasteiger partial charge in [-0.3, -0.25) is 4.79 Å². The van der Waals surface area contributed by atoms with Crippen molar-refractivity contribution in [1.82, 2.24) is 9.88 Å². The van der Waals surface area contributed by atoms with Gasteiger partial charge in [-0.15, -0.1) is 11.3 Å². The van der Waals surface area contributed by atoms with Crippen LogP contribution in [0.5, 0.6) is 11.5 Å². The van der Waals surface area contributed by atoms with Crippen molar-refractivity contribution in [2.75, 3.05) is 20.2 Å². The molecule has 29 heavy (non-hydrogen) atoms. The van der Waals surface area contributed by atoms with E-state index in [4.69, 9.17) is 9.47 Å². The summed E-state index contributed by atoms with van der Waals surface area (Å²) in [6.07, 6.45) is 1.12. The highest BCUT2D eigenvalue weighted by molar-refractivity contribution is 7.13. The molecule has 4 rings (SSSR count). The number of likely N-dealkylation sites (N-methyl/N-ethyl adjacent to an activating group) is 1. The van der Waals surface area contributed by atoms with Crippen LogP contribution >= 0.6 is 11.3 Å². The van der Waals surface area contributed by atoms with Gasteiger partial charge in [-0.05, 0) is 24.1 Å². The Hall–Kier alpha value is -2.86. The van der Waals surface area contributed by atoms with Gasteiger partial charge < -0.3 is 14.4 Å². The number of aryl methyl sites for hydroxylation is 1. The fourth-order valence-electron chi connectivity index (χ4n) is 3.25. The van der Waals surface area contributed by atoms with Gasteiger partial charge in [0.25, 0.3) is 0 Å². The standard InChI is InChI=1S/C23H24N2O3S/c1-3-16-8-10-17(11-9-16)23-24-18(15-29-23)12-22(26)25(2)13-19-14-27-20-6-4-5-7-21(20)28-19/h4-11,15,19H,3,12-14H2,1-2H3. The molecule has 0 N–H and O–H groups in total. The molecule has 5 nitrogen and oxygen atoms in total. The maximum absolute atomic E-state index is 12.7. The molecule has 0 saturated heterocycles. The van der Waals surface area contributed by atoms with Gasteiger partial charge in [0.2, 0.25) is 5.91 Å². The number of ether oxygens (including phenoxy) is 2. The van der Waals surface area contributed by atoms with Crippen LogP contribution in [0.1, 0.15) is 18.2 Å². The van der Waals surface area contributed by atoms with Crippen molar-refractivity contribution in [2.24, 2.45) is 0 Å². The number of rotatable bonds is 6. The number of aromatic nitrogens is 1. The van der Waals surface area contributed by atoms with Crippen LogP contribution in [-0.2, 0) is 17.6 Å². The van der Waals surface area contributed by atoms with Crippen molar-refractivity contribution in [3.63, 3.8) is 0 Å². The first-order chi connectivity index (χ1) is 14.1. The highest BCUT2D eigenvalue weighted by Gasteiger charge is 2.24. The molecule has 1 atom stereocenters. The van der Waals surface area contributed by atoms with E-state index in [9.17, 15) is 4.79 Å². The van der Waals surface area contributed by atoms with E-state index in [0.29, 0.717) is 13.2 Å². The molecule has 3 aromatic rings. The third-order valence-corrected chi connectivity index (χ3v) is 5.90. The molecule has 1 aliphatic heterocycles. The summed E-state index contributed by atoms with van der Waals surface area (Å²) in [4.78, 5) is 19.0. The van der Waals surface area contributed by atoms with Gasteiger partial charge in [0.05, 0.1) is 18.7 Å². The summed E-state index contributed by atoms with van der Waals surface area (Å²) in [5.41, 5.74) is 3.19. The highest BCUT2D eigenvalue weighted by Crippen LogP contribution is 2.31. The number of carbonyl (C=O) groups excluding carboxylic acids is 1. The van der Waals surface area contributed by atoms with Crippen molar-refractivity contribution >= 4 is 17.2 Å². The molecular weight excluding hydrogens is 384 g/mol. The highest BCUT2D eigenvalue weighted by atomic mass is 32.1. The van der Waals surface area contributed by atoms with Crippen molar-refractivity contribution in [2.45, 2.75) is 25.9 Å². The van der Waals surface area contributed by atoms with E-state index in [1.807, 2.05) is 29.6 Å². The Morgan fingerprint density at radius 3 is 2.69 bits per heavy atom. The van der Waals surface area contributed by atoms with E-state index in [-0.39, 0.29) is 18.4 Å². The Bertz CT molecular complexity index is 984. The number of carbonyl (C=O) groups is 1. The predicted molar refractivity (Wildman–Crippen MR) is 115 cm³/mol. The van der Waals surface area contributed by atoms with Crippen LogP contribution in [0.2, 0.25) is 0 Å². The van der Waals surface area contributed by atoms with Gasteiger partial charge in [-0.25, -0.2) is 4.98 Å². The number of nitrogens with zero attached hydrogens (tertiary/aromatic N) is 2. The second kappa shape index (κ2) is 8.66. The van der Waals surface area contributed by atoms with Gasteiger partial charge in [0.1, 0.15) is 11.6 Å². The predicted octanol–water partition coefficient (Wildman–Crippen LogP) is 4.21. The molecule has 1 aromatic heterocycles. The summed E-state index contributed by atoms with van der Waals surface area (Å²) >= 11 is 1.57. The molecule has 0 bridgehead atoms. The summed E-state index contributed by atoms with van der Waals surface area (Å²) in [5.74, 6) is 1.49. The average molecular weight is 409 g/mol. The zero-order valence-electron chi connectivity index (χ0n) is 16.6. The van der Waals surface area contributed by atoms with Gasteiger partial charge in [-0.1, -0.05) is 43.3 Å². The summed E-state index contributed by atoms with van der Waals surface area (Å²) in [6.45, 7) is 3.05. The maximum atomic E-state index is 12.7. The Morgan fingerprint density at radius 2 is 1.93 bits per heavy atom. The molecule has 2 heterocycles. The topological polar surface area (TPSA) is 51.7 Å². The smallest absolute Gasteiger partial charge is 0.228 e. The second-order valence-corrected chi connectivity index (χ2v) is 8.00. The van der Waals surface area contributed by atoms with Crippen LogP contribution in [0.4, 0.5) is 0 Å². The Balaban J connectivity index is 1.34. The van der Waals surface area contributed by atoms with E-state index >= 15 is 0 Å². The second-order valence-electron chi connectivity index (χ2n) is 7.14. The third-order valence-electron chi connectivity index (χ3n) is 4.96. The van der Waals surface area contributed by atoms with Crippen molar-refractivity contribution < 1.29 is 14.3 Å². The van der Waals surface area contributed by atoms with Gasteiger partial charge in [0, 0.05) is 18.0 Å². The van der Waals surface area contributed by atoms with Crippen LogP contribution < -0.4 is 9.47 Å². The molecule has 0 aliphatic carbocycles. The molecule has 6 heteroatoms. The van der Waals surface area contributed by atoms with Crippen LogP contribution in [0, 0.1) is 0 Å². The molecule has 1 unspecified atom stereocenters. The molecule has 2 aromatic carbocycles. The number of fused-ring (bicyclic) bond motifs is 1. The molecule has 1 amide bonds. The summed E-state index contributed by atoms with van der Waals surface area (Å²) in [7, 11) is 1.79. The number of hydrogen-bond donors (Lipinski definition) is 0. The van der Waals surface area contributed by atoms with E-state index < -0.39 is 0 Å². The fraction of sp³-hybridized carbons (Fsp3) is 0.304. The molecule has 0 fully saturated rings. The SMILES string of the molecule is CCc1ccc(-c2nc(CC(=O)N(C)CC3COc4ccccc4O3)cs2)cc1. The summed E-state index contributed by atoms with van der Waals surface area (Å²) < 4.78 is 11.7.